The van der Waals surface area contributed by atoms with Gasteiger partial charge < -0.3 is 20.5 Å². The molecule has 1 amide bonds. The molecule has 22 heavy (non-hydrogen) atoms. The predicted octanol–water partition coefficient (Wildman–Crippen LogP) is 3.34. The summed E-state index contributed by atoms with van der Waals surface area (Å²) in [6.07, 6.45) is -0.731. The summed E-state index contributed by atoms with van der Waals surface area (Å²) >= 11 is 6.01. The number of ether oxygens (including phenoxy) is 2. The number of methoxy groups -OCH3 is 1. The average Bonchev–Trinajstić information content (AvgIpc) is 2.49. The van der Waals surface area contributed by atoms with E-state index in [0.717, 1.165) is 0 Å². The van der Waals surface area contributed by atoms with Crippen molar-refractivity contribution < 1.29 is 14.3 Å². The molecule has 0 radical (unpaired) electrons. The Morgan fingerprint density at radius 3 is 2.64 bits per heavy atom. The molecular weight excluding hydrogens is 304 g/mol. The number of nitrogens with one attached hydrogen (secondary N) is 1. The van der Waals surface area contributed by atoms with E-state index < -0.39 is 6.10 Å². The first-order valence-electron chi connectivity index (χ1n) is 6.67. The minimum Gasteiger partial charge on any atom is -0.495 e. The third-order valence-corrected chi connectivity index (χ3v) is 3.30. The molecule has 3 N–H and O–H groups in total. The summed E-state index contributed by atoms with van der Waals surface area (Å²) in [7, 11) is 1.52. The van der Waals surface area contributed by atoms with Gasteiger partial charge in [-0.3, -0.25) is 4.79 Å². The number of halogens is 1. The monoisotopic (exact) mass is 320 g/mol. The minimum absolute atomic E-state index is 0.330. The molecule has 116 valence electrons. The van der Waals surface area contributed by atoms with Crippen LogP contribution in [0.4, 0.5) is 11.4 Å². The maximum atomic E-state index is 12.2. The second kappa shape index (κ2) is 7.04. The molecule has 0 saturated carbocycles. The summed E-state index contributed by atoms with van der Waals surface area (Å²) in [5.74, 6) is 0.641. The Morgan fingerprint density at radius 2 is 1.95 bits per heavy atom. The van der Waals surface area contributed by atoms with Crippen molar-refractivity contribution in [1.29, 1.82) is 0 Å². The highest BCUT2D eigenvalue weighted by atomic mass is 35.5. The van der Waals surface area contributed by atoms with Crippen LogP contribution < -0.4 is 20.5 Å². The van der Waals surface area contributed by atoms with Crippen molar-refractivity contribution in [3.8, 4) is 11.5 Å². The summed E-state index contributed by atoms with van der Waals surface area (Å²) in [6, 6.07) is 12.0. The Bertz CT molecular complexity index is 676. The summed E-state index contributed by atoms with van der Waals surface area (Å²) in [5.41, 5.74) is 6.73. The van der Waals surface area contributed by atoms with Crippen molar-refractivity contribution in [3.05, 3.63) is 47.5 Å². The Hall–Kier alpha value is -2.40. The first-order chi connectivity index (χ1) is 10.5. The first kappa shape index (κ1) is 16.0. The fraction of sp³-hybridized carbons (Fsp3) is 0.188. The topological polar surface area (TPSA) is 73.6 Å². The van der Waals surface area contributed by atoms with E-state index >= 15 is 0 Å². The molecule has 0 aliphatic heterocycles. The van der Waals surface area contributed by atoms with Crippen LogP contribution in [-0.4, -0.2) is 19.1 Å². The van der Waals surface area contributed by atoms with E-state index in [9.17, 15) is 4.79 Å². The van der Waals surface area contributed by atoms with Crippen LogP contribution >= 0.6 is 11.6 Å². The lowest BCUT2D eigenvalue weighted by molar-refractivity contribution is -0.122. The molecule has 0 unspecified atom stereocenters. The SMILES string of the molecule is COc1ccc(N)cc1NC(=O)[C@@H](C)Oc1ccccc1Cl. The lowest BCUT2D eigenvalue weighted by Crippen LogP contribution is -2.30. The molecule has 0 saturated heterocycles. The van der Waals surface area contributed by atoms with Gasteiger partial charge in [0, 0.05) is 5.69 Å². The molecule has 0 bridgehead atoms. The molecule has 2 aromatic carbocycles. The second-order valence-electron chi connectivity index (χ2n) is 4.64. The molecule has 0 aliphatic rings. The molecule has 0 fully saturated rings. The molecular formula is C16H17ClN2O3. The van der Waals surface area contributed by atoms with Gasteiger partial charge >= 0.3 is 0 Å². The van der Waals surface area contributed by atoms with Gasteiger partial charge in [0.05, 0.1) is 17.8 Å². The molecule has 0 spiro atoms. The summed E-state index contributed by atoms with van der Waals surface area (Å²) < 4.78 is 10.8. The Balaban J connectivity index is 2.09. The van der Waals surface area contributed by atoms with Gasteiger partial charge in [-0.05, 0) is 37.3 Å². The van der Waals surface area contributed by atoms with E-state index in [0.29, 0.717) is 27.9 Å². The number of carbonyl (C=O) groups excluding carboxylic acids is 1. The number of anilines is 2. The van der Waals surface area contributed by atoms with Crippen LogP contribution in [-0.2, 0) is 4.79 Å². The van der Waals surface area contributed by atoms with Crippen LogP contribution in [0.2, 0.25) is 5.02 Å². The highest BCUT2D eigenvalue weighted by Gasteiger charge is 2.17. The van der Waals surface area contributed by atoms with Gasteiger partial charge in [-0.25, -0.2) is 0 Å². The molecule has 2 aromatic rings. The van der Waals surface area contributed by atoms with E-state index in [2.05, 4.69) is 5.32 Å². The van der Waals surface area contributed by atoms with Crippen LogP contribution in [0.5, 0.6) is 11.5 Å². The number of hydrogen-bond acceptors (Lipinski definition) is 4. The number of rotatable bonds is 5. The van der Waals surface area contributed by atoms with Gasteiger partial charge in [0.25, 0.3) is 5.91 Å². The van der Waals surface area contributed by atoms with Gasteiger partial charge in [0.1, 0.15) is 11.5 Å². The van der Waals surface area contributed by atoms with Gasteiger partial charge in [-0.15, -0.1) is 0 Å². The summed E-state index contributed by atoms with van der Waals surface area (Å²) in [4.78, 5) is 12.2. The lowest BCUT2D eigenvalue weighted by Gasteiger charge is -2.17. The predicted molar refractivity (Wildman–Crippen MR) is 87.6 cm³/mol. The minimum atomic E-state index is -0.731. The molecule has 0 aromatic heterocycles. The average molecular weight is 321 g/mol. The Labute approximate surface area is 134 Å². The third-order valence-electron chi connectivity index (χ3n) is 2.99. The number of hydrogen-bond donors (Lipinski definition) is 2. The third kappa shape index (κ3) is 3.83. The van der Waals surface area contributed by atoms with Crippen molar-refractivity contribution in [2.45, 2.75) is 13.0 Å². The summed E-state index contributed by atoms with van der Waals surface area (Å²) in [6.45, 7) is 1.64. The zero-order valence-corrected chi connectivity index (χ0v) is 13.1. The van der Waals surface area contributed by atoms with Gasteiger partial charge in [-0.2, -0.15) is 0 Å². The number of nitrogen functional groups attached to an aromatic ring is 1. The number of nitrogens with two attached hydrogens (primary N) is 1. The Morgan fingerprint density at radius 1 is 1.23 bits per heavy atom. The van der Waals surface area contributed by atoms with Crippen molar-refractivity contribution >= 4 is 28.9 Å². The zero-order valence-electron chi connectivity index (χ0n) is 12.3. The van der Waals surface area contributed by atoms with Crippen LogP contribution in [0.3, 0.4) is 0 Å². The maximum absolute atomic E-state index is 12.2. The number of carbonyl (C=O) groups is 1. The van der Waals surface area contributed by atoms with Gasteiger partial charge in [0.15, 0.2) is 6.10 Å². The first-order valence-corrected chi connectivity index (χ1v) is 7.04. The lowest BCUT2D eigenvalue weighted by atomic mass is 10.2. The number of para-hydroxylation sites is 1. The summed E-state index contributed by atoms with van der Waals surface area (Å²) in [5, 5.41) is 3.18. The molecule has 0 heterocycles. The van der Waals surface area contributed by atoms with Gasteiger partial charge in [-0.1, -0.05) is 23.7 Å². The van der Waals surface area contributed by atoms with Crippen molar-refractivity contribution in [3.63, 3.8) is 0 Å². The Kier molecular flexibility index (Phi) is 5.12. The van der Waals surface area contributed by atoms with E-state index in [1.807, 2.05) is 0 Å². The molecule has 1 atom stereocenters. The van der Waals surface area contributed by atoms with Crippen LogP contribution in [0.1, 0.15) is 6.92 Å². The quantitative estimate of drug-likeness (QED) is 0.829. The van der Waals surface area contributed by atoms with E-state index in [4.69, 9.17) is 26.8 Å². The van der Waals surface area contributed by atoms with E-state index in [-0.39, 0.29) is 5.91 Å². The van der Waals surface area contributed by atoms with E-state index in [1.165, 1.54) is 7.11 Å². The van der Waals surface area contributed by atoms with Gasteiger partial charge in [0.2, 0.25) is 0 Å². The highest BCUT2D eigenvalue weighted by Crippen LogP contribution is 2.28. The largest absolute Gasteiger partial charge is 0.495 e. The highest BCUT2D eigenvalue weighted by molar-refractivity contribution is 6.32. The number of benzene rings is 2. The van der Waals surface area contributed by atoms with Crippen molar-refractivity contribution in [2.75, 3.05) is 18.2 Å². The second-order valence-corrected chi connectivity index (χ2v) is 5.05. The van der Waals surface area contributed by atoms with E-state index in [1.54, 1.807) is 49.4 Å². The van der Waals surface area contributed by atoms with Crippen LogP contribution in [0, 0.1) is 0 Å². The molecule has 6 heteroatoms. The zero-order chi connectivity index (χ0) is 16.1. The standard InChI is InChI=1S/C16H17ClN2O3/c1-10(22-14-6-4-3-5-12(14)17)16(20)19-13-9-11(18)7-8-15(13)21-2/h3-10H,18H2,1-2H3,(H,19,20)/t10-/m1/s1. The normalized spacial score (nSPS) is 11.6. The van der Waals surface area contributed by atoms with Crippen LogP contribution in [0.25, 0.3) is 0 Å². The smallest absolute Gasteiger partial charge is 0.265 e. The molecule has 2 rings (SSSR count). The molecule has 0 aliphatic carbocycles. The number of amides is 1. The molecule has 5 nitrogen and oxygen atoms in total. The van der Waals surface area contributed by atoms with Crippen molar-refractivity contribution in [1.82, 2.24) is 0 Å². The van der Waals surface area contributed by atoms with Crippen LogP contribution in [0.15, 0.2) is 42.5 Å². The fourth-order valence-electron chi connectivity index (χ4n) is 1.84. The van der Waals surface area contributed by atoms with Crippen molar-refractivity contribution in [2.24, 2.45) is 0 Å². The maximum Gasteiger partial charge on any atom is 0.265 e. The fourth-order valence-corrected chi connectivity index (χ4v) is 2.02.